The van der Waals surface area contributed by atoms with E-state index >= 15 is 0 Å². The second-order valence-corrected chi connectivity index (χ2v) is 9.40. The summed E-state index contributed by atoms with van der Waals surface area (Å²) in [5.74, 6) is -0.121. The van der Waals surface area contributed by atoms with Crippen LogP contribution in [0.3, 0.4) is 0 Å². The Morgan fingerprint density at radius 2 is 2.24 bits per heavy atom. The highest BCUT2D eigenvalue weighted by Crippen LogP contribution is 2.28. The average molecular weight is 489 g/mol. The fourth-order valence-electron chi connectivity index (χ4n) is 3.60. The van der Waals surface area contributed by atoms with E-state index < -0.39 is 18.4 Å². The van der Waals surface area contributed by atoms with Crippen molar-refractivity contribution in [2.24, 2.45) is 0 Å². The van der Waals surface area contributed by atoms with E-state index in [2.05, 4.69) is 30.7 Å². The predicted molar refractivity (Wildman–Crippen MR) is 123 cm³/mol. The van der Waals surface area contributed by atoms with Crippen molar-refractivity contribution in [1.29, 1.82) is 0 Å². The summed E-state index contributed by atoms with van der Waals surface area (Å²) in [5.41, 5.74) is 0.508. The number of likely N-dealkylation sites (tertiary alicyclic amines) is 1. The normalized spacial score (nSPS) is 19.6. The minimum absolute atomic E-state index is 0.231. The second kappa shape index (κ2) is 9.06. The number of ether oxygens (including phenoxy) is 1. The predicted octanol–water partition coefficient (Wildman–Crippen LogP) is 1.39. The van der Waals surface area contributed by atoms with Gasteiger partial charge in [0.2, 0.25) is 5.88 Å². The fourth-order valence-corrected chi connectivity index (χ4v) is 4.50. The quantitative estimate of drug-likeness (QED) is 0.451. The van der Waals surface area contributed by atoms with E-state index in [9.17, 15) is 9.90 Å². The van der Waals surface area contributed by atoms with Gasteiger partial charge in [0, 0.05) is 30.7 Å². The zero-order chi connectivity index (χ0) is 22.9. The SMILES string of the molecule is Cc1cnc(NC(=O)[C@H](CN2CC(O)C2)Oc2ncnc3c2cnn3C2NC=CC=C2Cl)s1. The molecule has 11 nitrogen and oxygen atoms in total. The number of hydrogen-bond donors (Lipinski definition) is 3. The minimum atomic E-state index is -0.887. The van der Waals surface area contributed by atoms with Crippen LogP contribution < -0.4 is 15.4 Å². The van der Waals surface area contributed by atoms with Gasteiger partial charge in [0.15, 0.2) is 23.0 Å². The number of hydrogen-bond acceptors (Lipinski definition) is 10. The van der Waals surface area contributed by atoms with E-state index in [1.54, 1.807) is 35.4 Å². The van der Waals surface area contributed by atoms with Crippen LogP contribution in [0, 0.1) is 6.92 Å². The van der Waals surface area contributed by atoms with Crippen LogP contribution in [-0.2, 0) is 4.79 Å². The van der Waals surface area contributed by atoms with Gasteiger partial charge in [-0.25, -0.2) is 19.6 Å². The van der Waals surface area contributed by atoms with E-state index in [4.69, 9.17) is 16.3 Å². The number of aliphatic hydroxyl groups is 1. The fraction of sp³-hybridized carbons (Fsp3) is 0.350. The smallest absolute Gasteiger partial charge is 0.268 e. The van der Waals surface area contributed by atoms with Crippen molar-refractivity contribution in [1.82, 2.24) is 34.9 Å². The Hall–Kier alpha value is -3.06. The van der Waals surface area contributed by atoms with Crippen LogP contribution in [0.15, 0.2) is 42.1 Å². The third-order valence-corrected chi connectivity index (χ3v) is 6.39. The first kappa shape index (κ1) is 21.8. The van der Waals surface area contributed by atoms with Gasteiger partial charge in [-0.1, -0.05) is 11.6 Å². The molecule has 13 heteroatoms. The summed E-state index contributed by atoms with van der Waals surface area (Å²) < 4.78 is 7.72. The van der Waals surface area contributed by atoms with Crippen molar-refractivity contribution in [2.45, 2.75) is 25.3 Å². The summed E-state index contributed by atoms with van der Waals surface area (Å²) in [6, 6.07) is 0. The standard InChI is InChI=1S/C20H21ClN8O3S/c1-11-5-23-20(33-11)27-18(31)15(9-28-7-12(30)8-28)32-19-13-6-26-29(16(13)24-10-25-19)17-14(21)3-2-4-22-17/h2-6,10,12,15,17,22,30H,7-9H2,1H3,(H,23,27,31)/t15-,17?/m0/s1. The zero-order valence-corrected chi connectivity index (χ0v) is 19.1. The van der Waals surface area contributed by atoms with Crippen LogP contribution in [0.5, 0.6) is 5.88 Å². The number of carbonyl (C=O) groups excluding carboxylic acids is 1. The number of amides is 1. The number of β-amino-alcohol motifs (C(OH)–C–C–N with tert-alkyl or cyclic N) is 1. The maximum Gasteiger partial charge on any atom is 0.268 e. The van der Waals surface area contributed by atoms with Gasteiger partial charge in [-0.3, -0.25) is 15.0 Å². The third-order valence-electron chi connectivity index (χ3n) is 5.23. The molecule has 1 amide bonds. The van der Waals surface area contributed by atoms with Crippen LogP contribution in [0.4, 0.5) is 5.13 Å². The molecule has 33 heavy (non-hydrogen) atoms. The second-order valence-electron chi connectivity index (χ2n) is 7.73. The highest BCUT2D eigenvalue weighted by atomic mass is 35.5. The summed E-state index contributed by atoms with van der Waals surface area (Å²) in [4.78, 5) is 28.8. The molecule has 0 bridgehead atoms. The minimum Gasteiger partial charge on any atom is -0.462 e. The lowest BCUT2D eigenvalue weighted by Crippen LogP contribution is -2.55. The first-order valence-electron chi connectivity index (χ1n) is 10.2. The van der Waals surface area contributed by atoms with E-state index in [1.807, 2.05) is 11.8 Å². The highest BCUT2D eigenvalue weighted by molar-refractivity contribution is 7.15. The van der Waals surface area contributed by atoms with Gasteiger partial charge in [-0.2, -0.15) is 5.10 Å². The van der Waals surface area contributed by atoms with Crippen LogP contribution in [-0.4, -0.2) is 72.5 Å². The van der Waals surface area contributed by atoms with Crippen molar-refractivity contribution in [3.8, 4) is 5.88 Å². The number of halogens is 1. The van der Waals surface area contributed by atoms with E-state index in [0.29, 0.717) is 34.3 Å². The van der Waals surface area contributed by atoms with Crippen molar-refractivity contribution in [3.63, 3.8) is 0 Å². The average Bonchev–Trinajstić information content (AvgIpc) is 3.39. The molecule has 5 rings (SSSR count). The van der Waals surface area contributed by atoms with E-state index in [1.165, 1.54) is 17.7 Å². The molecule has 0 aliphatic carbocycles. The molecular weight excluding hydrogens is 468 g/mol. The molecule has 2 atom stereocenters. The molecule has 0 saturated carbocycles. The number of thiazole rings is 1. The van der Waals surface area contributed by atoms with Crippen molar-refractivity contribution < 1.29 is 14.6 Å². The molecule has 0 aromatic carbocycles. The Labute approximate surface area is 197 Å². The number of allylic oxidation sites excluding steroid dienone is 2. The third kappa shape index (κ3) is 4.55. The largest absolute Gasteiger partial charge is 0.462 e. The number of nitrogens with zero attached hydrogens (tertiary/aromatic N) is 6. The molecule has 0 spiro atoms. The number of nitrogens with one attached hydrogen (secondary N) is 2. The first-order chi connectivity index (χ1) is 16.0. The molecule has 0 radical (unpaired) electrons. The lowest BCUT2D eigenvalue weighted by molar-refractivity contribution is -0.125. The molecule has 2 aliphatic rings. The molecule has 5 heterocycles. The Morgan fingerprint density at radius 1 is 1.39 bits per heavy atom. The highest BCUT2D eigenvalue weighted by Gasteiger charge is 2.32. The number of dihydropyridines is 1. The Bertz CT molecular complexity index is 1240. The molecule has 1 fully saturated rings. The molecule has 3 N–H and O–H groups in total. The molecule has 172 valence electrons. The van der Waals surface area contributed by atoms with Crippen LogP contribution >= 0.6 is 22.9 Å². The monoisotopic (exact) mass is 488 g/mol. The Morgan fingerprint density at radius 3 is 2.97 bits per heavy atom. The summed E-state index contributed by atoms with van der Waals surface area (Å²) in [5, 5.41) is 21.6. The first-order valence-corrected chi connectivity index (χ1v) is 11.4. The summed E-state index contributed by atoms with van der Waals surface area (Å²) >= 11 is 7.72. The van der Waals surface area contributed by atoms with Crippen LogP contribution in [0.1, 0.15) is 11.0 Å². The van der Waals surface area contributed by atoms with Crippen LogP contribution in [0.2, 0.25) is 0 Å². The van der Waals surface area contributed by atoms with Crippen molar-refractivity contribution in [3.05, 3.63) is 47.0 Å². The number of rotatable bonds is 7. The lowest BCUT2D eigenvalue weighted by atomic mass is 10.1. The summed E-state index contributed by atoms with van der Waals surface area (Å²) in [6.07, 6.45) is 8.29. The molecule has 3 aromatic heterocycles. The molecule has 1 unspecified atom stereocenters. The van der Waals surface area contributed by atoms with Crippen molar-refractivity contribution in [2.75, 3.05) is 25.0 Å². The van der Waals surface area contributed by atoms with E-state index in [0.717, 1.165) is 4.88 Å². The Balaban J connectivity index is 1.40. The maximum absolute atomic E-state index is 13.0. The van der Waals surface area contributed by atoms with Gasteiger partial charge in [-0.05, 0) is 25.3 Å². The van der Waals surface area contributed by atoms with Crippen molar-refractivity contribution >= 4 is 45.0 Å². The molecule has 1 saturated heterocycles. The van der Waals surface area contributed by atoms with Gasteiger partial charge in [-0.15, -0.1) is 11.3 Å². The van der Waals surface area contributed by atoms with Gasteiger partial charge >= 0.3 is 0 Å². The topological polar surface area (TPSA) is 130 Å². The van der Waals surface area contributed by atoms with Gasteiger partial charge in [0.05, 0.1) is 17.3 Å². The maximum atomic E-state index is 13.0. The van der Waals surface area contributed by atoms with E-state index in [-0.39, 0.29) is 18.3 Å². The number of carbonyl (C=O) groups is 1. The van der Waals surface area contributed by atoms with Gasteiger partial charge < -0.3 is 15.2 Å². The lowest BCUT2D eigenvalue weighted by Gasteiger charge is -2.37. The summed E-state index contributed by atoms with van der Waals surface area (Å²) in [7, 11) is 0. The molecule has 2 aliphatic heterocycles. The number of aryl methyl sites for hydroxylation is 1. The zero-order valence-electron chi connectivity index (χ0n) is 17.6. The number of anilines is 1. The number of aliphatic hydroxyl groups excluding tert-OH is 1. The molecular formula is C20H21ClN8O3S. The number of aromatic nitrogens is 5. The Kier molecular flexibility index (Phi) is 5.98. The number of fused-ring (bicyclic) bond motifs is 1. The van der Waals surface area contributed by atoms with Gasteiger partial charge in [0.1, 0.15) is 11.7 Å². The van der Waals surface area contributed by atoms with Crippen LogP contribution in [0.25, 0.3) is 11.0 Å². The van der Waals surface area contributed by atoms with Gasteiger partial charge in [0.25, 0.3) is 5.91 Å². The summed E-state index contributed by atoms with van der Waals surface area (Å²) in [6.45, 7) is 3.16. The molecule has 3 aromatic rings.